The molecule has 82 valence electrons. The molecule has 0 aliphatic heterocycles. The van der Waals surface area contributed by atoms with E-state index in [-0.39, 0.29) is 24.4 Å². The first-order chi connectivity index (χ1) is 6.57. The minimum Gasteiger partial charge on any atom is -0.466 e. The minimum atomic E-state index is -0.316. The molecule has 0 spiro atoms. The summed E-state index contributed by atoms with van der Waals surface area (Å²) in [6, 6.07) is 0. The summed E-state index contributed by atoms with van der Waals surface area (Å²) in [5.41, 5.74) is 5.21. The largest absolute Gasteiger partial charge is 0.466 e. The molecule has 4 heteroatoms. The van der Waals surface area contributed by atoms with Crippen molar-refractivity contribution in [2.45, 2.75) is 39.5 Å². The van der Waals surface area contributed by atoms with Crippen LogP contribution in [0.5, 0.6) is 0 Å². The summed E-state index contributed by atoms with van der Waals surface area (Å²) in [6.07, 6.45) is 3.34. The SMILES string of the molecule is CCCCC(CCOC(C)=O)C(N)=O. The summed E-state index contributed by atoms with van der Waals surface area (Å²) >= 11 is 0. The molecular weight excluding hydrogens is 182 g/mol. The van der Waals surface area contributed by atoms with Crippen LogP contribution >= 0.6 is 0 Å². The second kappa shape index (κ2) is 7.35. The van der Waals surface area contributed by atoms with Crippen molar-refractivity contribution in [3.05, 3.63) is 0 Å². The van der Waals surface area contributed by atoms with Crippen molar-refractivity contribution in [2.24, 2.45) is 11.7 Å². The first-order valence-electron chi connectivity index (χ1n) is 5.00. The Morgan fingerprint density at radius 1 is 1.36 bits per heavy atom. The van der Waals surface area contributed by atoms with Crippen molar-refractivity contribution in [3.63, 3.8) is 0 Å². The Labute approximate surface area is 84.8 Å². The van der Waals surface area contributed by atoms with Gasteiger partial charge in [-0.25, -0.2) is 0 Å². The number of amides is 1. The van der Waals surface area contributed by atoms with E-state index in [0.29, 0.717) is 6.42 Å². The summed E-state index contributed by atoms with van der Waals surface area (Å²) in [4.78, 5) is 21.4. The van der Waals surface area contributed by atoms with E-state index in [9.17, 15) is 9.59 Å². The van der Waals surface area contributed by atoms with E-state index in [0.717, 1.165) is 19.3 Å². The Hall–Kier alpha value is -1.06. The number of primary amides is 1. The summed E-state index contributed by atoms with van der Waals surface area (Å²) in [5, 5.41) is 0. The van der Waals surface area contributed by atoms with Crippen LogP contribution in [0.25, 0.3) is 0 Å². The first-order valence-corrected chi connectivity index (χ1v) is 5.00. The molecule has 14 heavy (non-hydrogen) atoms. The Morgan fingerprint density at radius 3 is 2.43 bits per heavy atom. The molecule has 0 aromatic carbocycles. The quantitative estimate of drug-likeness (QED) is 0.630. The van der Waals surface area contributed by atoms with E-state index in [1.165, 1.54) is 6.92 Å². The van der Waals surface area contributed by atoms with E-state index < -0.39 is 0 Å². The third-order valence-electron chi connectivity index (χ3n) is 2.08. The molecule has 0 aliphatic rings. The fraction of sp³-hybridized carbons (Fsp3) is 0.800. The zero-order chi connectivity index (χ0) is 11.0. The highest BCUT2D eigenvalue weighted by Gasteiger charge is 2.14. The van der Waals surface area contributed by atoms with Crippen molar-refractivity contribution in [2.75, 3.05) is 6.61 Å². The van der Waals surface area contributed by atoms with Gasteiger partial charge < -0.3 is 10.5 Å². The van der Waals surface area contributed by atoms with Gasteiger partial charge in [-0.3, -0.25) is 9.59 Å². The maximum absolute atomic E-state index is 11.0. The van der Waals surface area contributed by atoms with Gasteiger partial charge in [-0.2, -0.15) is 0 Å². The number of hydrogen-bond donors (Lipinski definition) is 1. The maximum Gasteiger partial charge on any atom is 0.302 e. The zero-order valence-electron chi connectivity index (χ0n) is 8.91. The van der Waals surface area contributed by atoms with Crippen LogP contribution in [-0.4, -0.2) is 18.5 Å². The van der Waals surface area contributed by atoms with Gasteiger partial charge in [0.25, 0.3) is 0 Å². The highest BCUT2D eigenvalue weighted by atomic mass is 16.5. The molecule has 1 atom stereocenters. The monoisotopic (exact) mass is 201 g/mol. The van der Waals surface area contributed by atoms with Crippen LogP contribution in [-0.2, 0) is 14.3 Å². The minimum absolute atomic E-state index is 0.158. The first kappa shape index (κ1) is 12.9. The van der Waals surface area contributed by atoms with E-state index in [4.69, 9.17) is 10.5 Å². The van der Waals surface area contributed by atoms with E-state index >= 15 is 0 Å². The molecule has 0 aromatic heterocycles. The lowest BCUT2D eigenvalue weighted by molar-refractivity contribution is -0.142. The highest BCUT2D eigenvalue weighted by molar-refractivity contribution is 5.76. The number of nitrogens with two attached hydrogens (primary N) is 1. The third-order valence-corrected chi connectivity index (χ3v) is 2.08. The van der Waals surface area contributed by atoms with Crippen molar-refractivity contribution in [3.8, 4) is 0 Å². The Morgan fingerprint density at radius 2 is 2.00 bits per heavy atom. The molecule has 0 aliphatic carbocycles. The number of carbonyl (C=O) groups excluding carboxylic acids is 2. The number of hydrogen-bond acceptors (Lipinski definition) is 3. The third kappa shape index (κ3) is 6.46. The molecular formula is C10H19NO3. The van der Waals surface area contributed by atoms with Crippen molar-refractivity contribution in [1.29, 1.82) is 0 Å². The van der Waals surface area contributed by atoms with Gasteiger partial charge in [0.15, 0.2) is 0 Å². The fourth-order valence-corrected chi connectivity index (χ4v) is 1.22. The second-order valence-electron chi connectivity index (χ2n) is 3.37. The number of unbranched alkanes of at least 4 members (excludes halogenated alkanes) is 1. The van der Waals surface area contributed by atoms with Gasteiger partial charge in [-0.1, -0.05) is 19.8 Å². The summed E-state index contributed by atoms with van der Waals surface area (Å²) < 4.78 is 4.76. The van der Waals surface area contributed by atoms with Gasteiger partial charge in [-0.15, -0.1) is 0 Å². The number of rotatable bonds is 7. The van der Waals surface area contributed by atoms with Crippen LogP contribution in [0.15, 0.2) is 0 Å². The average molecular weight is 201 g/mol. The van der Waals surface area contributed by atoms with Gasteiger partial charge in [0.2, 0.25) is 5.91 Å². The summed E-state index contributed by atoms with van der Waals surface area (Å²) in [5.74, 6) is -0.774. The Bertz CT molecular complexity index is 192. The van der Waals surface area contributed by atoms with Crippen LogP contribution in [0.1, 0.15) is 39.5 Å². The molecule has 1 amide bonds. The lowest BCUT2D eigenvalue weighted by Gasteiger charge is -2.12. The van der Waals surface area contributed by atoms with E-state index in [1.54, 1.807) is 0 Å². The molecule has 0 rings (SSSR count). The van der Waals surface area contributed by atoms with Gasteiger partial charge in [0.05, 0.1) is 6.61 Å². The zero-order valence-corrected chi connectivity index (χ0v) is 8.91. The molecule has 0 radical (unpaired) electrons. The standard InChI is InChI=1S/C10H19NO3/c1-3-4-5-9(10(11)13)6-7-14-8(2)12/h9H,3-7H2,1-2H3,(H2,11,13). The predicted molar refractivity (Wildman–Crippen MR) is 53.5 cm³/mol. The van der Waals surface area contributed by atoms with Crippen molar-refractivity contribution in [1.82, 2.24) is 0 Å². The van der Waals surface area contributed by atoms with Gasteiger partial charge >= 0.3 is 5.97 Å². The Balaban J connectivity index is 3.73. The second-order valence-corrected chi connectivity index (χ2v) is 3.37. The summed E-state index contributed by atoms with van der Waals surface area (Å²) in [7, 11) is 0. The Kier molecular flexibility index (Phi) is 6.80. The van der Waals surface area contributed by atoms with Crippen LogP contribution in [0.2, 0.25) is 0 Å². The topological polar surface area (TPSA) is 69.4 Å². The molecule has 1 unspecified atom stereocenters. The van der Waals surface area contributed by atoms with Crippen LogP contribution in [0.4, 0.5) is 0 Å². The van der Waals surface area contributed by atoms with Gasteiger partial charge in [0, 0.05) is 12.8 Å². The fourth-order valence-electron chi connectivity index (χ4n) is 1.22. The molecule has 0 aromatic rings. The predicted octanol–water partition coefficient (Wildman–Crippen LogP) is 1.23. The van der Waals surface area contributed by atoms with Crippen LogP contribution < -0.4 is 5.73 Å². The number of esters is 1. The highest BCUT2D eigenvalue weighted by Crippen LogP contribution is 2.12. The number of carbonyl (C=O) groups is 2. The lowest BCUT2D eigenvalue weighted by atomic mass is 9.98. The van der Waals surface area contributed by atoms with E-state index in [2.05, 4.69) is 6.92 Å². The molecule has 0 bridgehead atoms. The van der Waals surface area contributed by atoms with Gasteiger partial charge in [0.1, 0.15) is 0 Å². The van der Waals surface area contributed by atoms with Crippen LogP contribution in [0, 0.1) is 5.92 Å². The lowest BCUT2D eigenvalue weighted by Crippen LogP contribution is -2.24. The molecule has 0 heterocycles. The van der Waals surface area contributed by atoms with Gasteiger partial charge in [-0.05, 0) is 12.8 Å². The molecule has 2 N–H and O–H groups in total. The smallest absolute Gasteiger partial charge is 0.302 e. The molecule has 4 nitrogen and oxygen atoms in total. The molecule has 0 saturated carbocycles. The van der Waals surface area contributed by atoms with Crippen LogP contribution in [0.3, 0.4) is 0 Å². The maximum atomic E-state index is 11.0. The van der Waals surface area contributed by atoms with Crippen molar-refractivity contribution < 1.29 is 14.3 Å². The normalized spacial score (nSPS) is 12.1. The molecule has 0 fully saturated rings. The average Bonchev–Trinajstić information content (AvgIpc) is 2.09. The van der Waals surface area contributed by atoms with Crippen molar-refractivity contribution >= 4 is 11.9 Å². The molecule has 0 saturated heterocycles. The number of ether oxygens (including phenoxy) is 1. The van der Waals surface area contributed by atoms with E-state index in [1.807, 2.05) is 0 Å². The summed E-state index contributed by atoms with van der Waals surface area (Å²) in [6.45, 7) is 3.70.